The summed E-state index contributed by atoms with van der Waals surface area (Å²) < 4.78 is 37.4. The highest BCUT2D eigenvalue weighted by molar-refractivity contribution is 7.15. The third-order valence-electron chi connectivity index (χ3n) is 2.35. The molecule has 2 rings (SSSR count). The van der Waals surface area contributed by atoms with Crippen LogP contribution in [0.1, 0.15) is 20.9 Å². The Morgan fingerprint density at radius 1 is 1.33 bits per heavy atom. The van der Waals surface area contributed by atoms with Gasteiger partial charge in [-0.2, -0.15) is 13.2 Å². The van der Waals surface area contributed by atoms with Crippen molar-refractivity contribution in [1.29, 1.82) is 0 Å². The lowest BCUT2D eigenvalue weighted by Gasteiger charge is -2.03. The lowest BCUT2D eigenvalue weighted by Crippen LogP contribution is -2.02. The van der Waals surface area contributed by atoms with Gasteiger partial charge in [0.1, 0.15) is 0 Å². The van der Waals surface area contributed by atoms with E-state index in [9.17, 15) is 18.0 Å². The molecule has 1 aromatic carbocycles. The normalized spacial score (nSPS) is 11.6. The maximum Gasteiger partial charge on any atom is 0.443 e. The van der Waals surface area contributed by atoms with Crippen molar-refractivity contribution in [2.45, 2.75) is 13.1 Å². The number of nitrogens with zero attached hydrogens (tertiary/aromatic N) is 1. The van der Waals surface area contributed by atoms with Gasteiger partial charge >= 0.3 is 6.18 Å². The molecule has 0 N–H and O–H groups in total. The Balaban J connectivity index is 2.52. The van der Waals surface area contributed by atoms with Crippen molar-refractivity contribution < 1.29 is 18.0 Å². The Bertz CT molecular complexity index is 589. The quantitative estimate of drug-likeness (QED) is 0.774. The van der Waals surface area contributed by atoms with Crippen LogP contribution in [-0.2, 0) is 6.18 Å². The fraction of sp³-hybridized carbons (Fsp3) is 0.167. The summed E-state index contributed by atoms with van der Waals surface area (Å²) in [6.45, 7) is 1.81. The van der Waals surface area contributed by atoms with Crippen LogP contribution in [0.4, 0.5) is 13.2 Å². The number of hydrogen-bond donors (Lipinski definition) is 0. The van der Waals surface area contributed by atoms with E-state index in [1.807, 2.05) is 6.92 Å². The van der Waals surface area contributed by atoms with E-state index in [0.717, 1.165) is 11.8 Å². The second kappa shape index (κ2) is 4.53. The lowest BCUT2D eigenvalue weighted by molar-refractivity contribution is -0.137. The molecule has 0 aliphatic carbocycles. The summed E-state index contributed by atoms with van der Waals surface area (Å²) in [4.78, 5) is 14.6. The first-order chi connectivity index (χ1) is 8.41. The van der Waals surface area contributed by atoms with E-state index in [1.165, 1.54) is 0 Å². The fourth-order valence-corrected chi connectivity index (χ4v) is 2.34. The number of benzene rings is 1. The molecule has 1 heterocycles. The van der Waals surface area contributed by atoms with Crippen LogP contribution in [0, 0.1) is 6.92 Å². The van der Waals surface area contributed by atoms with E-state index in [2.05, 4.69) is 4.98 Å². The molecular weight excluding hydrogens is 263 g/mol. The first-order valence-electron chi connectivity index (χ1n) is 5.01. The zero-order chi connectivity index (χ0) is 13.3. The Labute approximate surface area is 105 Å². The lowest BCUT2D eigenvalue weighted by atomic mass is 10.0. The van der Waals surface area contributed by atoms with Gasteiger partial charge < -0.3 is 0 Å². The Kier molecular flexibility index (Phi) is 3.21. The van der Waals surface area contributed by atoms with Gasteiger partial charge in [0.25, 0.3) is 0 Å². The van der Waals surface area contributed by atoms with Crippen LogP contribution >= 0.6 is 11.3 Å². The van der Waals surface area contributed by atoms with Gasteiger partial charge in [-0.1, -0.05) is 17.7 Å². The summed E-state index contributed by atoms with van der Waals surface area (Å²) in [5.41, 5.74) is 1.72. The first-order valence-corrected chi connectivity index (χ1v) is 5.82. The van der Waals surface area contributed by atoms with Crippen LogP contribution in [0.15, 0.2) is 24.4 Å². The van der Waals surface area contributed by atoms with Crippen molar-refractivity contribution in [3.05, 3.63) is 40.5 Å². The molecule has 0 atom stereocenters. The molecule has 0 amide bonds. The highest BCUT2D eigenvalue weighted by Gasteiger charge is 2.34. The molecule has 0 radical (unpaired) electrons. The molecule has 18 heavy (non-hydrogen) atoms. The van der Waals surface area contributed by atoms with E-state index in [4.69, 9.17) is 0 Å². The third-order valence-corrected chi connectivity index (χ3v) is 3.42. The number of aldehydes is 1. The summed E-state index contributed by atoms with van der Waals surface area (Å²) >= 11 is 0.536. The van der Waals surface area contributed by atoms with Crippen LogP contribution < -0.4 is 0 Å². The first kappa shape index (κ1) is 12.8. The Hall–Kier alpha value is -1.69. The number of alkyl halides is 3. The van der Waals surface area contributed by atoms with E-state index < -0.39 is 11.2 Å². The van der Waals surface area contributed by atoms with Crippen molar-refractivity contribution in [3.63, 3.8) is 0 Å². The molecule has 0 aliphatic heterocycles. The van der Waals surface area contributed by atoms with E-state index in [0.29, 0.717) is 33.6 Å². The number of thiazole rings is 1. The molecule has 1 aromatic heterocycles. The van der Waals surface area contributed by atoms with Crippen molar-refractivity contribution in [1.82, 2.24) is 4.98 Å². The predicted octanol–water partition coefficient (Wildman–Crippen LogP) is 3.95. The van der Waals surface area contributed by atoms with Crippen LogP contribution in [0.3, 0.4) is 0 Å². The molecule has 0 spiro atoms. The largest absolute Gasteiger partial charge is 0.443 e. The Morgan fingerprint density at radius 3 is 2.61 bits per heavy atom. The number of carbonyl (C=O) groups excluding carboxylic acids is 1. The molecule has 0 saturated carbocycles. The Morgan fingerprint density at radius 2 is 2.06 bits per heavy atom. The van der Waals surface area contributed by atoms with Crippen LogP contribution in [0.2, 0.25) is 0 Å². The summed E-state index contributed by atoms with van der Waals surface area (Å²) in [6.07, 6.45) is -2.68. The highest BCUT2D eigenvalue weighted by atomic mass is 32.1. The van der Waals surface area contributed by atoms with Crippen molar-refractivity contribution in [2.24, 2.45) is 0 Å². The molecule has 0 unspecified atom stereocenters. The number of carbonyl (C=O) groups is 1. The molecular formula is C12H8F3NOS. The molecule has 0 aliphatic rings. The second-order valence-electron chi connectivity index (χ2n) is 3.74. The molecule has 0 fully saturated rings. The summed E-state index contributed by atoms with van der Waals surface area (Å²) in [7, 11) is 0. The van der Waals surface area contributed by atoms with Gasteiger partial charge in [0.15, 0.2) is 11.3 Å². The van der Waals surface area contributed by atoms with Crippen molar-refractivity contribution in [3.8, 4) is 10.4 Å². The molecule has 2 nitrogen and oxygen atoms in total. The average molecular weight is 271 g/mol. The molecule has 2 aromatic rings. The minimum atomic E-state index is -4.45. The van der Waals surface area contributed by atoms with Gasteiger partial charge in [-0.25, -0.2) is 4.98 Å². The summed E-state index contributed by atoms with van der Waals surface area (Å²) in [5.74, 6) is 0. The van der Waals surface area contributed by atoms with E-state index in [1.54, 1.807) is 18.2 Å². The number of rotatable bonds is 2. The molecule has 94 valence electrons. The summed E-state index contributed by atoms with van der Waals surface area (Å²) in [6, 6.07) is 5.00. The molecule has 0 saturated heterocycles. The monoisotopic (exact) mass is 271 g/mol. The SMILES string of the molecule is Cc1ccc(C=O)c(-c2cnc(C(F)(F)F)s2)c1. The van der Waals surface area contributed by atoms with Gasteiger partial charge in [0.05, 0.1) is 4.88 Å². The number of hydrogen-bond acceptors (Lipinski definition) is 3. The minimum absolute atomic E-state index is 0.341. The van der Waals surface area contributed by atoms with Crippen LogP contribution in [0.25, 0.3) is 10.4 Å². The molecule has 6 heteroatoms. The highest BCUT2D eigenvalue weighted by Crippen LogP contribution is 2.37. The number of aromatic nitrogens is 1. The minimum Gasteiger partial charge on any atom is -0.298 e. The topological polar surface area (TPSA) is 30.0 Å². The maximum atomic E-state index is 12.5. The smallest absolute Gasteiger partial charge is 0.298 e. The van der Waals surface area contributed by atoms with Gasteiger partial charge in [-0.3, -0.25) is 4.79 Å². The van der Waals surface area contributed by atoms with Crippen molar-refractivity contribution >= 4 is 17.6 Å². The zero-order valence-electron chi connectivity index (χ0n) is 9.28. The maximum absolute atomic E-state index is 12.5. The van der Waals surface area contributed by atoms with Gasteiger partial charge in [-0.15, -0.1) is 11.3 Å². The van der Waals surface area contributed by atoms with Crippen LogP contribution in [-0.4, -0.2) is 11.3 Å². The number of aryl methyl sites for hydroxylation is 1. The zero-order valence-corrected chi connectivity index (χ0v) is 10.1. The van der Waals surface area contributed by atoms with Gasteiger partial charge in [-0.05, 0) is 13.0 Å². The van der Waals surface area contributed by atoms with E-state index >= 15 is 0 Å². The average Bonchev–Trinajstić information content (AvgIpc) is 2.77. The second-order valence-corrected chi connectivity index (χ2v) is 4.77. The van der Waals surface area contributed by atoms with Crippen molar-refractivity contribution in [2.75, 3.05) is 0 Å². The standard InChI is InChI=1S/C12H8F3NOS/c1-7-2-3-8(6-17)9(4-7)10-5-16-11(18-10)12(13,14)15/h2-6H,1H3. The van der Waals surface area contributed by atoms with Gasteiger partial charge in [0, 0.05) is 17.3 Å². The number of halogens is 3. The third kappa shape index (κ3) is 2.43. The van der Waals surface area contributed by atoms with Crippen LogP contribution in [0.5, 0.6) is 0 Å². The molecule has 0 bridgehead atoms. The van der Waals surface area contributed by atoms with Gasteiger partial charge in [0.2, 0.25) is 0 Å². The predicted molar refractivity (Wildman–Crippen MR) is 62.7 cm³/mol. The summed E-state index contributed by atoms with van der Waals surface area (Å²) in [5, 5.41) is -0.907. The van der Waals surface area contributed by atoms with E-state index in [-0.39, 0.29) is 0 Å². The fourth-order valence-electron chi connectivity index (χ4n) is 1.52.